The molecular weight excluding hydrogens is 182 g/mol. The number of carbonyl (C=O) groups is 1. The summed E-state index contributed by atoms with van der Waals surface area (Å²) in [7, 11) is 4.65. The first kappa shape index (κ1) is 10.4. The number of benzene rings is 1. The zero-order valence-corrected chi connectivity index (χ0v) is 8.46. The van der Waals surface area contributed by atoms with Crippen molar-refractivity contribution >= 4 is 5.91 Å². The van der Waals surface area contributed by atoms with Crippen LogP contribution < -0.4 is 14.8 Å². The number of rotatable bonds is 3. The van der Waals surface area contributed by atoms with E-state index in [0.717, 1.165) is 0 Å². The van der Waals surface area contributed by atoms with Gasteiger partial charge in [0, 0.05) is 13.1 Å². The van der Waals surface area contributed by atoms with Gasteiger partial charge in [0.15, 0.2) is 0 Å². The molecule has 0 aromatic heterocycles. The standard InChI is InChI=1S/C10H13NO3/c1-11-10(12)8-5-4-7(13-2)6-9(8)14-3/h4-6H,1-3H3,(H,11,12). The molecule has 0 atom stereocenters. The Labute approximate surface area is 82.8 Å². The van der Waals surface area contributed by atoms with E-state index in [1.165, 1.54) is 7.11 Å². The molecule has 1 aromatic carbocycles. The number of hydrogen-bond acceptors (Lipinski definition) is 3. The second kappa shape index (κ2) is 4.50. The van der Waals surface area contributed by atoms with E-state index in [1.807, 2.05) is 0 Å². The van der Waals surface area contributed by atoms with Gasteiger partial charge in [-0.25, -0.2) is 0 Å². The minimum Gasteiger partial charge on any atom is -0.497 e. The van der Waals surface area contributed by atoms with Crippen molar-refractivity contribution < 1.29 is 14.3 Å². The molecular formula is C10H13NO3. The van der Waals surface area contributed by atoms with Crippen molar-refractivity contribution in [1.82, 2.24) is 5.32 Å². The fourth-order valence-electron chi connectivity index (χ4n) is 1.12. The van der Waals surface area contributed by atoms with Crippen LogP contribution in [-0.4, -0.2) is 27.2 Å². The van der Waals surface area contributed by atoms with Gasteiger partial charge in [-0.05, 0) is 12.1 Å². The fraction of sp³-hybridized carbons (Fsp3) is 0.300. The topological polar surface area (TPSA) is 47.6 Å². The molecule has 76 valence electrons. The fourth-order valence-corrected chi connectivity index (χ4v) is 1.12. The summed E-state index contributed by atoms with van der Waals surface area (Å²) in [6, 6.07) is 5.05. The molecule has 14 heavy (non-hydrogen) atoms. The molecule has 0 heterocycles. The Kier molecular flexibility index (Phi) is 3.34. The largest absolute Gasteiger partial charge is 0.497 e. The van der Waals surface area contributed by atoms with E-state index in [9.17, 15) is 4.79 Å². The normalized spacial score (nSPS) is 9.36. The van der Waals surface area contributed by atoms with Crippen LogP contribution in [0.2, 0.25) is 0 Å². The highest BCUT2D eigenvalue weighted by molar-refractivity contribution is 5.96. The van der Waals surface area contributed by atoms with Crippen LogP contribution in [0.1, 0.15) is 10.4 Å². The maximum atomic E-state index is 11.4. The van der Waals surface area contributed by atoms with Gasteiger partial charge >= 0.3 is 0 Å². The number of nitrogens with one attached hydrogen (secondary N) is 1. The molecule has 0 spiro atoms. The predicted molar refractivity (Wildman–Crippen MR) is 52.9 cm³/mol. The minimum absolute atomic E-state index is 0.176. The number of carbonyl (C=O) groups excluding carboxylic acids is 1. The van der Waals surface area contributed by atoms with E-state index in [4.69, 9.17) is 9.47 Å². The van der Waals surface area contributed by atoms with E-state index in [0.29, 0.717) is 17.1 Å². The average Bonchev–Trinajstić information content (AvgIpc) is 2.27. The summed E-state index contributed by atoms with van der Waals surface area (Å²) in [6.07, 6.45) is 0. The lowest BCUT2D eigenvalue weighted by Crippen LogP contribution is -2.18. The van der Waals surface area contributed by atoms with Crippen LogP contribution >= 0.6 is 0 Å². The Morgan fingerprint density at radius 2 is 2.00 bits per heavy atom. The molecule has 0 unspecified atom stereocenters. The van der Waals surface area contributed by atoms with Crippen LogP contribution in [0.3, 0.4) is 0 Å². The lowest BCUT2D eigenvalue weighted by molar-refractivity contribution is 0.0960. The average molecular weight is 195 g/mol. The highest BCUT2D eigenvalue weighted by Crippen LogP contribution is 2.24. The van der Waals surface area contributed by atoms with Crippen LogP contribution in [0, 0.1) is 0 Å². The second-order valence-corrected chi connectivity index (χ2v) is 2.65. The molecule has 1 N–H and O–H groups in total. The molecule has 0 aliphatic heterocycles. The molecule has 0 radical (unpaired) electrons. The van der Waals surface area contributed by atoms with Crippen LogP contribution in [0.5, 0.6) is 11.5 Å². The Bertz CT molecular complexity index is 336. The molecule has 0 aliphatic rings. The molecule has 1 rings (SSSR count). The first-order valence-electron chi connectivity index (χ1n) is 4.17. The van der Waals surface area contributed by atoms with Gasteiger partial charge in [0.25, 0.3) is 5.91 Å². The third-order valence-electron chi connectivity index (χ3n) is 1.88. The summed E-state index contributed by atoms with van der Waals surface area (Å²) in [6.45, 7) is 0. The summed E-state index contributed by atoms with van der Waals surface area (Å²) in [5.41, 5.74) is 0.496. The summed E-state index contributed by atoms with van der Waals surface area (Å²) in [5.74, 6) is 0.989. The van der Waals surface area contributed by atoms with Crippen molar-refractivity contribution in [2.24, 2.45) is 0 Å². The quantitative estimate of drug-likeness (QED) is 0.784. The molecule has 0 bridgehead atoms. The van der Waals surface area contributed by atoms with Crippen molar-refractivity contribution in [3.8, 4) is 11.5 Å². The van der Waals surface area contributed by atoms with Gasteiger partial charge in [-0.2, -0.15) is 0 Å². The van der Waals surface area contributed by atoms with Gasteiger partial charge in [0.1, 0.15) is 11.5 Å². The van der Waals surface area contributed by atoms with E-state index in [-0.39, 0.29) is 5.91 Å². The first-order chi connectivity index (χ1) is 6.72. The maximum absolute atomic E-state index is 11.4. The highest BCUT2D eigenvalue weighted by atomic mass is 16.5. The van der Waals surface area contributed by atoms with Crippen molar-refractivity contribution in [2.45, 2.75) is 0 Å². The van der Waals surface area contributed by atoms with Crippen molar-refractivity contribution in [3.63, 3.8) is 0 Å². The Morgan fingerprint density at radius 3 is 2.50 bits per heavy atom. The van der Waals surface area contributed by atoms with Crippen LogP contribution in [0.25, 0.3) is 0 Å². The monoisotopic (exact) mass is 195 g/mol. The number of amides is 1. The van der Waals surface area contributed by atoms with Gasteiger partial charge in [-0.1, -0.05) is 0 Å². The lowest BCUT2D eigenvalue weighted by Gasteiger charge is -2.08. The zero-order valence-electron chi connectivity index (χ0n) is 8.46. The molecule has 0 saturated carbocycles. The number of ether oxygens (including phenoxy) is 2. The third-order valence-corrected chi connectivity index (χ3v) is 1.88. The smallest absolute Gasteiger partial charge is 0.254 e. The zero-order chi connectivity index (χ0) is 10.6. The van der Waals surface area contributed by atoms with Crippen LogP contribution in [0.4, 0.5) is 0 Å². The Hall–Kier alpha value is -1.71. The van der Waals surface area contributed by atoms with Gasteiger partial charge in [-0.15, -0.1) is 0 Å². The maximum Gasteiger partial charge on any atom is 0.254 e. The predicted octanol–water partition coefficient (Wildman–Crippen LogP) is 1.06. The van der Waals surface area contributed by atoms with Gasteiger partial charge in [0.05, 0.1) is 19.8 Å². The number of hydrogen-bond donors (Lipinski definition) is 1. The summed E-state index contributed by atoms with van der Waals surface area (Å²) in [5, 5.41) is 2.53. The molecule has 1 amide bonds. The van der Waals surface area contributed by atoms with E-state index in [1.54, 1.807) is 32.4 Å². The Balaban J connectivity index is 3.11. The molecule has 4 heteroatoms. The van der Waals surface area contributed by atoms with Gasteiger partial charge in [-0.3, -0.25) is 4.79 Å². The van der Waals surface area contributed by atoms with Gasteiger partial charge in [0.2, 0.25) is 0 Å². The molecule has 0 fully saturated rings. The molecule has 4 nitrogen and oxygen atoms in total. The van der Waals surface area contributed by atoms with Crippen molar-refractivity contribution in [2.75, 3.05) is 21.3 Å². The lowest BCUT2D eigenvalue weighted by atomic mass is 10.2. The van der Waals surface area contributed by atoms with E-state index >= 15 is 0 Å². The SMILES string of the molecule is CNC(=O)c1ccc(OC)cc1OC. The van der Waals surface area contributed by atoms with Crippen LogP contribution in [0.15, 0.2) is 18.2 Å². The van der Waals surface area contributed by atoms with Crippen molar-refractivity contribution in [1.29, 1.82) is 0 Å². The summed E-state index contributed by atoms with van der Waals surface area (Å²) >= 11 is 0. The molecule has 0 aliphatic carbocycles. The van der Waals surface area contributed by atoms with E-state index < -0.39 is 0 Å². The van der Waals surface area contributed by atoms with Gasteiger partial charge < -0.3 is 14.8 Å². The molecule has 1 aromatic rings. The van der Waals surface area contributed by atoms with Crippen LogP contribution in [-0.2, 0) is 0 Å². The Morgan fingerprint density at radius 1 is 1.29 bits per heavy atom. The minimum atomic E-state index is -0.176. The molecule has 0 saturated heterocycles. The second-order valence-electron chi connectivity index (χ2n) is 2.65. The van der Waals surface area contributed by atoms with Crippen molar-refractivity contribution in [3.05, 3.63) is 23.8 Å². The number of methoxy groups -OCH3 is 2. The summed E-state index contributed by atoms with van der Waals surface area (Å²) < 4.78 is 10.1. The first-order valence-corrected chi connectivity index (χ1v) is 4.17. The third kappa shape index (κ3) is 1.96. The van der Waals surface area contributed by atoms with E-state index in [2.05, 4.69) is 5.32 Å². The highest BCUT2D eigenvalue weighted by Gasteiger charge is 2.10. The summed E-state index contributed by atoms with van der Waals surface area (Å²) in [4.78, 5) is 11.4.